The van der Waals surface area contributed by atoms with Crippen molar-refractivity contribution in [3.05, 3.63) is 34.2 Å². The second kappa shape index (κ2) is 5.31. The zero-order valence-corrected chi connectivity index (χ0v) is 13.7. The van der Waals surface area contributed by atoms with Gasteiger partial charge in [0.1, 0.15) is 0 Å². The van der Waals surface area contributed by atoms with Gasteiger partial charge in [-0.25, -0.2) is 13.2 Å². The van der Waals surface area contributed by atoms with E-state index in [9.17, 15) is 13.2 Å². The van der Waals surface area contributed by atoms with Gasteiger partial charge in [-0.1, -0.05) is 6.07 Å². The summed E-state index contributed by atoms with van der Waals surface area (Å²) >= 11 is 0. The Bertz CT molecular complexity index is 833. The minimum Gasteiger partial charge on any atom is -0.312 e. The van der Waals surface area contributed by atoms with Crippen LogP contribution in [0.15, 0.2) is 23.0 Å². The van der Waals surface area contributed by atoms with E-state index in [2.05, 4.69) is 5.32 Å². The molecule has 6 nitrogen and oxygen atoms in total. The first kappa shape index (κ1) is 15.8. The zero-order valence-electron chi connectivity index (χ0n) is 12.9. The summed E-state index contributed by atoms with van der Waals surface area (Å²) in [7, 11) is 2.00. The summed E-state index contributed by atoms with van der Waals surface area (Å²) in [4.78, 5) is 11.9. The van der Waals surface area contributed by atoms with E-state index >= 15 is 0 Å². The number of hydrogen-bond donors (Lipinski definition) is 1. The molecule has 0 spiro atoms. The van der Waals surface area contributed by atoms with Crippen LogP contribution in [0, 0.1) is 0 Å². The lowest BCUT2D eigenvalue weighted by Crippen LogP contribution is -2.32. The first-order valence-electron chi connectivity index (χ1n) is 6.70. The molecule has 2 atom stereocenters. The fourth-order valence-electron chi connectivity index (χ4n) is 2.64. The van der Waals surface area contributed by atoms with Crippen LogP contribution in [0.1, 0.15) is 18.5 Å². The molecule has 0 aliphatic heterocycles. The largest absolute Gasteiger partial charge is 0.328 e. The van der Waals surface area contributed by atoms with Gasteiger partial charge in [-0.15, -0.1) is 0 Å². The predicted octanol–water partition coefficient (Wildman–Crippen LogP) is 0.571. The number of nitrogens with one attached hydrogen (secondary N) is 1. The van der Waals surface area contributed by atoms with E-state index in [1.807, 2.05) is 18.2 Å². The van der Waals surface area contributed by atoms with E-state index < -0.39 is 15.1 Å². The molecule has 1 heterocycles. The summed E-state index contributed by atoms with van der Waals surface area (Å²) in [6.07, 6.45) is 1.23. The van der Waals surface area contributed by atoms with E-state index in [4.69, 9.17) is 0 Å². The Morgan fingerprint density at radius 1 is 1.14 bits per heavy atom. The van der Waals surface area contributed by atoms with E-state index in [1.54, 1.807) is 37.2 Å². The normalized spacial score (nSPS) is 15.3. The van der Waals surface area contributed by atoms with E-state index in [-0.39, 0.29) is 11.7 Å². The molecule has 0 aliphatic rings. The summed E-state index contributed by atoms with van der Waals surface area (Å²) in [6.45, 7) is 1.69. The molecule has 0 fully saturated rings. The van der Waals surface area contributed by atoms with Gasteiger partial charge in [-0.3, -0.25) is 9.13 Å². The van der Waals surface area contributed by atoms with Crippen molar-refractivity contribution in [2.45, 2.75) is 18.2 Å². The van der Waals surface area contributed by atoms with Crippen LogP contribution in [0.25, 0.3) is 11.0 Å². The standard InChI is InChI=1S/C14H21N3O3S/c1-9(21(5,19)20)13(15-2)10-6-7-11-12(8-10)17(4)14(18)16(11)3/h6-9,13,15H,1-5H3. The maximum Gasteiger partial charge on any atom is 0.328 e. The van der Waals surface area contributed by atoms with Crippen molar-refractivity contribution in [2.24, 2.45) is 14.1 Å². The summed E-state index contributed by atoms with van der Waals surface area (Å²) in [5.74, 6) is 0. The molecule has 7 heteroatoms. The molecule has 2 rings (SSSR count). The highest BCUT2D eigenvalue weighted by atomic mass is 32.2. The SMILES string of the molecule is CNC(c1ccc2c(c1)n(C)c(=O)n2C)C(C)S(C)(=O)=O. The number of fused-ring (bicyclic) bond motifs is 1. The molecule has 0 saturated carbocycles. The first-order valence-corrected chi connectivity index (χ1v) is 8.65. The molecule has 21 heavy (non-hydrogen) atoms. The summed E-state index contributed by atoms with van der Waals surface area (Å²) in [5.41, 5.74) is 2.37. The van der Waals surface area contributed by atoms with Crippen LogP contribution in [-0.4, -0.2) is 36.1 Å². The van der Waals surface area contributed by atoms with E-state index in [1.165, 1.54) is 6.26 Å². The molecule has 2 aromatic rings. The van der Waals surface area contributed by atoms with Crippen LogP contribution >= 0.6 is 0 Å². The first-order chi connectivity index (χ1) is 9.68. The predicted molar refractivity (Wildman–Crippen MR) is 84.3 cm³/mol. The molecule has 0 aliphatic carbocycles. The molecule has 2 unspecified atom stereocenters. The number of hydrogen-bond acceptors (Lipinski definition) is 4. The Morgan fingerprint density at radius 2 is 1.71 bits per heavy atom. The van der Waals surface area contributed by atoms with Gasteiger partial charge in [0.15, 0.2) is 9.84 Å². The Kier molecular flexibility index (Phi) is 3.99. The minimum atomic E-state index is -3.16. The number of imidazole rings is 1. The maximum atomic E-state index is 11.9. The molecule has 0 saturated heterocycles. The Morgan fingerprint density at radius 3 is 2.24 bits per heavy atom. The molecule has 1 N–H and O–H groups in total. The number of sulfone groups is 1. The summed E-state index contributed by atoms with van der Waals surface area (Å²) < 4.78 is 26.7. The lowest BCUT2D eigenvalue weighted by atomic mass is 10.0. The third kappa shape index (κ3) is 2.63. The van der Waals surface area contributed by atoms with Gasteiger partial charge in [-0.05, 0) is 31.7 Å². The van der Waals surface area contributed by atoms with E-state index in [0.29, 0.717) is 0 Å². The van der Waals surface area contributed by atoms with Crippen LogP contribution in [-0.2, 0) is 23.9 Å². The van der Waals surface area contributed by atoms with Crippen LogP contribution in [0.2, 0.25) is 0 Å². The molecule has 0 radical (unpaired) electrons. The van der Waals surface area contributed by atoms with Crippen molar-refractivity contribution in [2.75, 3.05) is 13.3 Å². The van der Waals surface area contributed by atoms with Gasteiger partial charge in [0.25, 0.3) is 0 Å². The van der Waals surface area contributed by atoms with Crippen LogP contribution in [0.3, 0.4) is 0 Å². The fraction of sp³-hybridized carbons (Fsp3) is 0.500. The van der Waals surface area contributed by atoms with Gasteiger partial charge in [0.2, 0.25) is 0 Å². The molecular formula is C14H21N3O3S. The maximum absolute atomic E-state index is 11.9. The number of benzene rings is 1. The van der Waals surface area contributed by atoms with Crippen molar-refractivity contribution in [1.29, 1.82) is 0 Å². The van der Waals surface area contributed by atoms with Gasteiger partial charge >= 0.3 is 5.69 Å². The highest BCUT2D eigenvalue weighted by Gasteiger charge is 2.26. The van der Waals surface area contributed by atoms with E-state index in [0.717, 1.165) is 16.6 Å². The molecule has 1 aromatic heterocycles. The van der Waals surface area contributed by atoms with Crippen molar-refractivity contribution in [3.63, 3.8) is 0 Å². The molecule has 116 valence electrons. The highest BCUT2D eigenvalue weighted by molar-refractivity contribution is 7.91. The number of nitrogens with zero attached hydrogens (tertiary/aromatic N) is 2. The zero-order chi connectivity index (χ0) is 15.9. The summed E-state index contributed by atoms with van der Waals surface area (Å²) in [6, 6.07) is 5.27. The number of aromatic nitrogens is 2. The van der Waals surface area contributed by atoms with Gasteiger partial charge in [-0.2, -0.15) is 0 Å². The second-order valence-electron chi connectivity index (χ2n) is 5.45. The molecule has 0 bridgehead atoms. The third-order valence-electron chi connectivity index (χ3n) is 4.11. The van der Waals surface area contributed by atoms with Crippen LogP contribution in [0.5, 0.6) is 0 Å². The molecule has 0 amide bonds. The lowest BCUT2D eigenvalue weighted by molar-refractivity contribution is 0.535. The van der Waals surface area contributed by atoms with Gasteiger partial charge < -0.3 is 5.32 Å². The van der Waals surface area contributed by atoms with Crippen molar-refractivity contribution < 1.29 is 8.42 Å². The lowest BCUT2D eigenvalue weighted by Gasteiger charge is -2.22. The van der Waals surface area contributed by atoms with Crippen molar-refractivity contribution >= 4 is 20.9 Å². The van der Waals surface area contributed by atoms with Crippen molar-refractivity contribution in [1.82, 2.24) is 14.5 Å². The molecule has 1 aromatic carbocycles. The highest BCUT2D eigenvalue weighted by Crippen LogP contribution is 2.24. The van der Waals surface area contributed by atoms with Crippen molar-refractivity contribution in [3.8, 4) is 0 Å². The van der Waals surface area contributed by atoms with Crippen LogP contribution < -0.4 is 11.0 Å². The Labute approximate surface area is 124 Å². The number of rotatable bonds is 4. The monoisotopic (exact) mass is 311 g/mol. The minimum absolute atomic E-state index is 0.0979. The average molecular weight is 311 g/mol. The summed E-state index contributed by atoms with van der Waals surface area (Å²) in [5, 5.41) is 2.50. The second-order valence-corrected chi connectivity index (χ2v) is 7.85. The van der Waals surface area contributed by atoms with Crippen LogP contribution in [0.4, 0.5) is 0 Å². The average Bonchev–Trinajstić information content (AvgIpc) is 2.63. The Balaban J connectivity index is 2.61. The fourth-order valence-corrected chi connectivity index (χ4v) is 3.42. The number of aryl methyl sites for hydroxylation is 2. The van der Waals surface area contributed by atoms with Gasteiger partial charge in [0, 0.05) is 26.4 Å². The Hall–Kier alpha value is -1.60. The quantitative estimate of drug-likeness (QED) is 0.896. The molecular weight excluding hydrogens is 290 g/mol. The topological polar surface area (TPSA) is 73.1 Å². The third-order valence-corrected chi connectivity index (χ3v) is 5.73. The van der Waals surface area contributed by atoms with Gasteiger partial charge in [0.05, 0.1) is 16.3 Å². The smallest absolute Gasteiger partial charge is 0.312 e.